The minimum Gasteiger partial charge on any atom is -0.425 e. The van der Waals surface area contributed by atoms with Gasteiger partial charge in [-0.15, -0.1) is 11.3 Å². The lowest BCUT2D eigenvalue weighted by molar-refractivity contribution is 0.585. The van der Waals surface area contributed by atoms with Crippen molar-refractivity contribution in [3.8, 4) is 21.1 Å². The SMILES string of the molecule is CC(C)(C)c1c(-c2nc3ncc(-c4nc5c(C(C)(C)C)ccnc5s4)c(C(C)(C)C)c3s2)cnc2ocnc12. The number of fused-ring (bicyclic) bond motifs is 3. The van der Waals surface area contributed by atoms with E-state index in [1.54, 1.807) is 22.7 Å². The molecule has 0 N–H and O–H groups in total. The predicted octanol–water partition coefficient (Wildman–Crippen LogP) is 8.46. The van der Waals surface area contributed by atoms with Gasteiger partial charge in [0.1, 0.15) is 25.9 Å². The van der Waals surface area contributed by atoms with E-state index >= 15 is 0 Å². The molecule has 0 bridgehead atoms. The van der Waals surface area contributed by atoms with Gasteiger partial charge in [0.25, 0.3) is 0 Å². The number of oxazole rings is 1. The van der Waals surface area contributed by atoms with E-state index < -0.39 is 0 Å². The fraction of sp³-hybridized carbons (Fsp3) is 0.400. The maximum Gasteiger partial charge on any atom is 0.246 e. The van der Waals surface area contributed by atoms with Gasteiger partial charge < -0.3 is 4.42 Å². The van der Waals surface area contributed by atoms with Crippen molar-refractivity contribution >= 4 is 54.6 Å². The van der Waals surface area contributed by atoms with Gasteiger partial charge in [0, 0.05) is 35.3 Å². The number of rotatable bonds is 2. The van der Waals surface area contributed by atoms with Crippen LogP contribution in [0.15, 0.2) is 35.5 Å². The summed E-state index contributed by atoms with van der Waals surface area (Å²) in [5.41, 5.74) is 8.11. The first-order valence-electron chi connectivity index (χ1n) is 13.0. The van der Waals surface area contributed by atoms with Crippen molar-refractivity contribution in [2.24, 2.45) is 0 Å². The molecule has 0 fully saturated rings. The number of hydrogen-bond donors (Lipinski definition) is 0. The molecule has 0 unspecified atom stereocenters. The van der Waals surface area contributed by atoms with E-state index in [1.165, 1.54) is 17.5 Å². The van der Waals surface area contributed by atoms with E-state index in [4.69, 9.17) is 19.4 Å². The van der Waals surface area contributed by atoms with Crippen LogP contribution in [0.4, 0.5) is 0 Å². The Kier molecular flexibility index (Phi) is 5.72. The summed E-state index contributed by atoms with van der Waals surface area (Å²) >= 11 is 3.28. The lowest BCUT2D eigenvalue weighted by Gasteiger charge is -2.22. The molecular formula is C30H32N6OS2. The summed E-state index contributed by atoms with van der Waals surface area (Å²) in [4.78, 5) is 29.7. The molecule has 0 saturated carbocycles. The molecule has 0 aliphatic rings. The molecule has 0 aliphatic heterocycles. The van der Waals surface area contributed by atoms with Gasteiger partial charge in [0.15, 0.2) is 12.0 Å². The zero-order valence-electron chi connectivity index (χ0n) is 23.8. The zero-order valence-corrected chi connectivity index (χ0v) is 25.4. The van der Waals surface area contributed by atoms with E-state index in [2.05, 4.69) is 83.3 Å². The number of aromatic nitrogens is 6. The first kappa shape index (κ1) is 26.0. The molecule has 6 aromatic heterocycles. The summed E-state index contributed by atoms with van der Waals surface area (Å²) in [5, 5.41) is 1.81. The molecule has 9 heteroatoms. The van der Waals surface area contributed by atoms with Crippen molar-refractivity contribution < 1.29 is 4.42 Å². The maximum atomic E-state index is 5.52. The first-order valence-corrected chi connectivity index (χ1v) is 14.7. The highest BCUT2D eigenvalue weighted by Gasteiger charge is 2.30. The van der Waals surface area contributed by atoms with Crippen LogP contribution in [0.2, 0.25) is 0 Å². The quantitative estimate of drug-likeness (QED) is 0.211. The molecule has 0 amide bonds. The van der Waals surface area contributed by atoms with E-state index in [1.807, 2.05) is 18.6 Å². The molecule has 39 heavy (non-hydrogen) atoms. The van der Waals surface area contributed by atoms with Gasteiger partial charge in [-0.25, -0.2) is 29.9 Å². The van der Waals surface area contributed by atoms with Crippen molar-refractivity contribution in [2.75, 3.05) is 0 Å². The van der Waals surface area contributed by atoms with Gasteiger partial charge in [0.2, 0.25) is 5.71 Å². The number of hydrogen-bond acceptors (Lipinski definition) is 9. The third kappa shape index (κ3) is 4.32. The van der Waals surface area contributed by atoms with Crippen LogP contribution in [0.3, 0.4) is 0 Å². The van der Waals surface area contributed by atoms with Crippen LogP contribution in [-0.4, -0.2) is 29.9 Å². The van der Waals surface area contributed by atoms with Crippen LogP contribution in [0.25, 0.3) is 53.1 Å². The van der Waals surface area contributed by atoms with E-state index in [0.717, 1.165) is 52.9 Å². The molecule has 6 rings (SSSR count). The van der Waals surface area contributed by atoms with Crippen LogP contribution < -0.4 is 0 Å². The first-order chi connectivity index (χ1) is 18.2. The average molecular weight is 557 g/mol. The summed E-state index contributed by atoms with van der Waals surface area (Å²) in [6, 6.07) is 2.08. The number of nitrogens with zero attached hydrogens (tertiary/aromatic N) is 6. The van der Waals surface area contributed by atoms with Crippen molar-refractivity contribution in [1.82, 2.24) is 29.9 Å². The lowest BCUT2D eigenvalue weighted by atomic mass is 9.84. The Balaban J connectivity index is 1.60. The molecular weight excluding hydrogens is 525 g/mol. The molecule has 200 valence electrons. The molecule has 0 radical (unpaired) electrons. The molecule has 0 aromatic carbocycles. The highest BCUT2D eigenvalue weighted by molar-refractivity contribution is 7.22. The average Bonchev–Trinajstić information content (AvgIpc) is 3.57. The molecule has 0 aliphatic carbocycles. The second-order valence-corrected chi connectivity index (χ2v) is 15.0. The van der Waals surface area contributed by atoms with E-state index in [9.17, 15) is 0 Å². The largest absolute Gasteiger partial charge is 0.425 e. The molecule has 6 aromatic rings. The van der Waals surface area contributed by atoms with Crippen LogP contribution in [-0.2, 0) is 16.2 Å². The Morgan fingerprint density at radius 3 is 2.03 bits per heavy atom. The lowest BCUT2D eigenvalue weighted by Crippen LogP contribution is -2.14. The Morgan fingerprint density at radius 2 is 1.33 bits per heavy atom. The summed E-state index contributed by atoms with van der Waals surface area (Å²) in [7, 11) is 0. The summed E-state index contributed by atoms with van der Waals surface area (Å²) < 4.78 is 6.59. The Labute approximate surface area is 235 Å². The van der Waals surface area contributed by atoms with Crippen molar-refractivity contribution in [1.29, 1.82) is 0 Å². The molecule has 0 atom stereocenters. The Morgan fingerprint density at radius 1 is 0.667 bits per heavy atom. The summed E-state index contributed by atoms with van der Waals surface area (Å²) in [6.45, 7) is 19.9. The van der Waals surface area contributed by atoms with E-state index in [0.29, 0.717) is 5.71 Å². The molecule has 6 heterocycles. The van der Waals surface area contributed by atoms with Crippen molar-refractivity contribution in [3.63, 3.8) is 0 Å². The summed E-state index contributed by atoms with van der Waals surface area (Å²) in [5.74, 6) is 0. The second kappa shape index (κ2) is 8.60. The minimum absolute atomic E-state index is 0.0298. The van der Waals surface area contributed by atoms with Crippen LogP contribution in [0, 0.1) is 0 Å². The topological polar surface area (TPSA) is 90.5 Å². The minimum atomic E-state index is -0.185. The van der Waals surface area contributed by atoms with Crippen LogP contribution >= 0.6 is 22.7 Å². The zero-order chi connectivity index (χ0) is 27.9. The monoisotopic (exact) mass is 556 g/mol. The fourth-order valence-corrected chi connectivity index (χ4v) is 7.44. The van der Waals surface area contributed by atoms with Crippen LogP contribution in [0.1, 0.15) is 79.0 Å². The maximum absolute atomic E-state index is 5.52. The molecule has 7 nitrogen and oxygen atoms in total. The molecule has 0 saturated heterocycles. The smallest absolute Gasteiger partial charge is 0.246 e. The van der Waals surface area contributed by atoms with Gasteiger partial charge in [-0.2, -0.15) is 0 Å². The Hall–Kier alpha value is -3.30. The van der Waals surface area contributed by atoms with Crippen LogP contribution in [0.5, 0.6) is 0 Å². The second-order valence-electron chi connectivity index (χ2n) is 13.1. The van der Waals surface area contributed by atoms with Gasteiger partial charge in [-0.1, -0.05) is 73.7 Å². The highest BCUT2D eigenvalue weighted by Crippen LogP contribution is 2.45. The summed E-state index contributed by atoms with van der Waals surface area (Å²) in [6.07, 6.45) is 7.14. The third-order valence-corrected chi connectivity index (χ3v) is 8.95. The normalized spacial score (nSPS) is 13.3. The Bertz CT molecular complexity index is 1880. The molecule has 0 spiro atoms. The van der Waals surface area contributed by atoms with Gasteiger partial charge >= 0.3 is 0 Å². The predicted molar refractivity (Wildman–Crippen MR) is 161 cm³/mol. The standard InChI is InChI=1S/C30H32N6OS2/c1-28(2,3)17-10-11-31-27-20(17)35-25(39-27)16-12-32-23-22(19(16)30(7,8)9)38-26(36-23)15-13-33-24-21(34-14-37-24)18(15)29(4,5)6/h10-14H,1-9H3. The van der Waals surface area contributed by atoms with Crippen molar-refractivity contribution in [2.45, 2.75) is 78.6 Å². The number of thiazole rings is 2. The van der Waals surface area contributed by atoms with Gasteiger partial charge in [-0.3, -0.25) is 0 Å². The highest BCUT2D eigenvalue weighted by atomic mass is 32.1. The number of pyridine rings is 3. The fourth-order valence-electron chi connectivity index (χ4n) is 5.19. The van der Waals surface area contributed by atoms with Crippen molar-refractivity contribution in [3.05, 3.63) is 47.7 Å². The van der Waals surface area contributed by atoms with Gasteiger partial charge in [0.05, 0.1) is 4.70 Å². The van der Waals surface area contributed by atoms with Gasteiger partial charge in [-0.05, 0) is 33.4 Å². The van der Waals surface area contributed by atoms with E-state index in [-0.39, 0.29) is 16.2 Å². The third-order valence-electron chi connectivity index (χ3n) is 6.85.